The second-order valence-corrected chi connectivity index (χ2v) is 19.7. The van der Waals surface area contributed by atoms with Crippen LogP contribution in [0.15, 0.2) is 146 Å². The maximum atomic E-state index is 7.73. The van der Waals surface area contributed by atoms with Crippen molar-refractivity contribution in [2.45, 2.75) is 41.5 Å². The topological polar surface area (TPSA) is 28.3 Å². The van der Waals surface area contributed by atoms with Crippen LogP contribution in [0.2, 0.25) is 0 Å². The van der Waals surface area contributed by atoms with Crippen LogP contribution < -0.4 is 42.3 Å². The average Bonchev–Trinajstić information content (AvgIpc) is 3.80. The molecule has 0 atom stereocenters. The summed E-state index contributed by atoms with van der Waals surface area (Å²) in [7, 11) is 0. The minimum atomic E-state index is -0.117. The molecule has 6 heteroatoms. The Labute approximate surface area is 383 Å². The first-order valence-corrected chi connectivity index (χ1v) is 23.3. The van der Waals surface area contributed by atoms with Gasteiger partial charge in [0.15, 0.2) is 0 Å². The lowest BCUT2D eigenvalue weighted by atomic mass is 9.31. The maximum absolute atomic E-state index is 7.73. The van der Waals surface area contributed by atoms with Gasteiger partial charge < -0.3 is 18.6 Å². The molecular weight excluding hydrogens is 802 g/mol. The summed E-state index contributed by atoms with van der Waals surface area (Å²) in [6, 6.07) is 55.1. The van der Waals surface area contributed by atoms with Gasteiger partial charge in [0.1, 0.15) is 23.0 Å². The Morgan fingerprint density at radius 1 is 0.333 bits per heavy atom. The number of hydrogen-bond acceptors (Lipinski definition) is 2. The lowest BCUT2D eigenvalue weighted by Gasteiger charge is -2.41. The van der Waals surface area contributed by atoms with Crippen LogP contribution in [0.5, 0.6) is 23.0 Å². The Morgan fingerprint density at radius 3 is 1.14 bits per heavy atom. The molecule has 66 heavy (non-hydrogen) atoms. The third-order valence-electron chi connectivity index (χ3n) is 15.3. The van der Waals surface area contributed by atoms with Crippen molar-refractivity contribution < 1.29 is 9.47 Å². The second-order valence-electron chi connectivity index (χ2n) is 19.7. The summed E-state index contributed by atoms with van der Waals surface area (Å²) < 4.78 is 20.5. The molecule has 0 saturated carbocycles. The highest BCUT2D eigenvalue weighted by Crippen LogP contribution is 2.49. The van der Waals surface area contributed by atoms with Crippen molar-refractivity contribution in [2.75, 3.05) is 0 Å². The summed E-state index contributed by atoms with van der Waals surface area (Å²) in [6.45, 7) is 13.0. The van der Waals surface area contributed by atoms with E-state index in [2.05, 4.69) is 196 Å². The van der Waals surface area contributed by atoms with Crippen molar-refractivity contribution in [3.05, 3.63) is 179 Å². The van der Waals surface area contributed by atoms with Gasteiger partial charge in [-0.15, -0.1) is 0 Å². The predicted molar refractivity (Wildman–Crippen MR) is 277 cm³/mol. The van der Waals surface area contributed by atoms with Gasteiger partial charge in [0, 0.05) is 43.5 Å². The Balaban J connectivity index is 1.14. The molecule has 0 unspecified atom stereocenters. The lowest BCUT2D eigenvalue weighted by molar-refractivity contribution is 0.472. The molecule has 2 aromatic heterocycles. The van der Waals surface area contributed by atoms with E-state index in [0.29, 0.717) is 0 Å². The average molecular weight is 845 g/mol. The summed E-state index contributed by atoms with van der Waals surface area (Å²) in [5, 5.41) is 5.06. The van der Waals surface area contributed by atoms with E-state index >= 15 is 0 Å². The lowest BCUT2D eigenvalue weighted by Crippen LogP contribution is -2.63. The fraction of sp³-hybridized carbons (Fsp3) is 0.100. The van der Waals surface area contributed by atoms with Crippen LogP contribution >= 0.6 is 0 Å². The zero-order chi connectivity index (χ0) is 44.0. The van der Waals surface area contributed by atoms with Gasteiger partial charge in [-0.25, -0.2) is 0 Å². The Kier molecular flexibility index (Phi) is 6.97. The van der Waals surface area contributed by atoms with E-state index in [-0.39, 0.29) is 13.4 Å². The van der Waals surface area contributed by atoms with E-state index in [1.807, 2.05) is 0 Å². The smallest absolute Gasteiger partial charge is 0.256 e. The minimum Gasteiger partial charge on any atom is -0.456 e. The van der Waals surface area contributed by atoms with Gasteiger partial charge in [0.25, 0.3) is 13.4 Å². The standard InChI is InChI=1S/C60H42B2N2O2/c1-31-7-13-37(14-8-31)39-17-19-45-51(29-39)65-59-53-58(64-50-22-12-34(4)23-41(50)43-25-35(5)27-47(55(43)64)61(45)53)60-54-57(59)63-49-21-11-33(3)24-42(49)44-26-36(6)28-48(56(44)63)62(54)46-20-18-40(30-52(46)66-60)38-15-9-32(2)10-16-38/h7-30H,1-6H3. The Hall–Kier alpha value is -7.69. The van der Waals surface area contributed by atoms with Crippen LogP contribution in [-0.2, 0) is 0 Å². The van der Waals surface area contributed by atoms with Crippen molar-refractivity contribution in [1.29, 1.82) is 0 Å². The van der Waals surface area contributed by atoms with Crippen LogP contribution in [0.3, 0.4) is 0 Å². The quantitative estimate of drug-likeness (QED) is 0.162. The molecule has 0 radical (unpaired) electrons. The van der Waals surface area contributed by atoms with Crippen molar-refractivity contribution in [1.82, 2.24) is 9.13 Å². The molecule has 4 aliphatic rings. The van der Waals surface area contributed by atoms with Crippen LogP contribution in [0.25, 0.3) is 77.2 Å². The summed E-state index contributed by atoms with van der Waals surface area (Å²) >= 11 is 0. The van der Waals surface area contributed by atoms with Crippen LogP contribution in [0.4, 0.5) is 0 Å². The fourth-order valence-corrected chi connectivity index (χ4v) is 12.4. The Morgan fingerprint density at radius 2 is 0.712 bits per heavy atom. The van der Waals surface area contributed by atoms with E-state index in [9.17, 15) is 0 Å². The molecule has 9 aromatic carbocycles. The number of benzene rings is 9. The maximum Gasteiger partial charge on any atom is 0.256 e. The molecule has 0 N–H and O–H groups in total. The summed E-state index contributed by atoms with van der Waals surface area (Å²) in [5.74, 6) is 3.63. The van der Waals surface area contributed by atoms with Gasteiger partial charge in [-0.2, -0.15) is 0 Å². The number of aryl methyl sites for hydroxylation is 6. The van der Waals surface area contributed by atoms with Crippen molar-refractivity contribution in [3.8, 4) is 56.6 Å². The second kappa shape index (κ2) is 12.6. The predicted octanol–water partition coefficient (Wildman–Crippen LogP) is 10.9. The summed E-state index contributed by atoms with van der Waals surface area (Å²) in [5.41, 5.74) is 26.4. The van der Waals surface area contributed by atoms with Crippen LogP contribution in [0.1, 0.15) is 33.4 Å². The fourth-order valence-electron chi connectivity index (χ4n) is 12.4. The monoisotopic (exact) mass is 844 g/mol. The molecule has 0 amide bonds. The molecule has 0 saturated heterocycles. The molecule has 0 fully saturated rings. The van der Waals surface area contributed by atoms with Crippen molar-refractivity contribution in [3.63, 3.8) is 0 Å². The Bertz CT molecular complexity index is 3800. The third kappa shape index (κ3) is 4.66. The molecule has 0 spiro atoms. The van der Waals surface area contributed by atoms with Gasteiger partial charge in [-0.3, -0.25) is 0 Å². The molecule has 4 nitrogen and oxygen atoms in total. The normalized spacial score (nSPS) is 13.5. The first-order chi connectivity index (χ1) is 32.2. The van der Waals surface area contributed by atoms with Crippen molar-refractivity contribution >= 4 is 89.8 Å². The number of nitrogens with zero attached hydrogens (tertiary/aromatic N) is 2. The van der Waals surface area contributed by atoms with Crippen LogP contribution in [-0.4, -0.2) is 22.6 Å². The zero-order valence-corrected chi connectivity index (χ0v) is 37.7. The molecule has 6 heterocycles. The number of hydrogen-bond donors (Lipinski definition) is 0. The number of fused-ring (bicyclic) bond motifs is 16. The van der Waals surface area contributed by atoms with Crippen molar-refractivity contribution in [2.24, 2.45) is 0 Å². The van der Waals surface area contributed by atoms with Gasteiger partial charge in [-0.05, 0) is 134 Å². The number of rotatable bonds is 2. The van der Waals surface area contributed by atoms with E-state index < -0.39 is 0 Å². The summed E-state index contributed by atoms with van der Waals surface area (Å²) in [6.07, 6.45) is 0. The molecule has 11 aromatic rings. The molecule has 0 aliphatic carbocycles. The first-order valence-electron chi connectivity index (χ1n) is 23.3. The molecule has 0 bridgehead atoms. The number of ether oxygens (including phenoxy) is 2. The van der Waals surface area contributed by atoms with E-state index in [0.717, 1.165) is 56.4 Å². The van der Waals surface area contributed by atoms with E-state index in [1.54, 1.807) is 0 Å². The SMILES string of the molecule is Cc1ccc(-c2ccc3c(c2)Oc2c4c(c5c6c2-n2c7ccc(C)cc7c7cc(C)cc(c72)B6c2ccc(-c6ccc(C)cc6)cc2O5)-n2c5ccc(C)cc5c5cc(C)cc(c52)B34)cc1. The molecule has 15 rings (SSSR count). The largest absolute Gasteiger partial charge is 0.456 e. The molecule has 310 valence electrons. The van der Waals surface area contributed by atoms with Crippen LogP contribution in [0, 0.1) is 41.5 Å². The highest BCUT2D eigenvalue weighted by atomic mass is 16.5. The van der Waals surface area contributed by atoms with Gasteiger partial charge in [0.2, 0.25) is 0 Å². The molecule has 4 aliphatic heterocycles. The highest BCUT2D eigenvalue weighted by molar-refractivity contribution is 7.02. The highest BCUT2D eigenvalue weighted by Gasteiger charge is 2.50. The molecular formula is C60H42B2N2O2. The van der Waals surface area contributed by atoms with Gasteiger partial charge in [-0.1, -0.05) is 130 Å². The van der Waals surface area contributed by atoms with Gasteiger partial charge >= 0.3 is 0 Å². The minimum absolute atomic E-state index is 0.117. The number of aromatic nitrogens is 2. The zero-order valence-electron chi connectivity index (χ0n) is 37.7. The summed E-state index contributed by atoms with van der Waals surface area (Å²) in [4.78, 5) is 0. The van der Waals surface area contributed by atoms with E-state index in [4.69, 9.17) is 9.47 Å². The van der Waals surface area contributed by atoms with E-state index in [1.165, 1.54) is 110 Å². The van der Waals surface area contributed by atoms with Gasteiger partial charge in [0.05, 0.1) is 22.4 Å². The first kappa shape index (κ1) is 36.6. The third-order valence-corrected chi connectivity index (χ3v) is 15.3.